The first-order valence-corrected chi connectivity index (χ1v) is 10.2. The molecule has 0 heterocycles. The molecule has 0 saturated carbocycles. The number of ether oxygens (including phenoxy) is 1. The normalized spacial score (nSPS) is 11.9. The van der Waals surface area contributed by atoms with Crippen LogP contribution in [-0.2, 0) is 11.2 Å². The Morgan fingerprint density at radius 2 is 1.74 bits per heavy atom. The van der Waals surface area contributed by atoms with Crippen molar-refractivity contribution in [3.63, 3.8) is 0 Å². The largest absolute Gasteiger partial charge is 0.507 e. The third kappa shape index (κ3) is 5.89. The van der Waals surface area contributed by atoms with Gasteiger partial charge in [0.05, 0.1) is 0 Å². The zero-order chi connectivity index (χ0) is 22.5. The third-order valence-corrected chi connectivity index (χ3v) is 5.27. The molecular formula is C23H22Cl2N2O4. The molecule has 0 aliphatic rings. The molecule has 0 bridgehead atoms. The lowest BCUT2D eigenvalue weighted by Crippen LogP contribution is -2.43. The van der Waals surface area contributed by atoms with Gasteiger partial charge < -0.3 is 9.84 Å². The van der Waals surface area contributed by atoms with Gasteiger partial charge in [-0.15, -0.1) is 5.17 Å². The summed E-state index contributed by atoms with van der Waals surface area (Å²) in [6.45, 7) is 1.54. The van der Waals surface area contributed by atoms with E-state index < -0.39 is 12.0 Å². The number of hydrogen-bond acceptors (Lipinski definition) is 5. The number of amides is 1. The van der Waals surface area contributed by atoms with Gasteiger partial charge in [0.15, 0.2) is 6.10 Å². The van der Waals surface area contributed by atoms with E-state index in [0.717, 1.165) is 16.7 Å². The minimum Gasteiger partial charge on any atom is -0.507 e. The van der Waals surface area contributed by atoms with Gasteiger partial charge in [-0.2, -0.15) is 0 Å². The second kappa shape index (κ2) is 10.0. The Balaban J connectivity index is 1.81. The van der Waals surface area contributed by atoms with Gasteiger partial charge in [-0.1, -0.05) is 59.6 Å². The number of phenolic OH excluding ortho intramolecular Hbond substituents is 1. The van der Waals surface area contributed by atoms with E-state index in [0.29, 0.717) is 33.0 Å². The fourth-order valence-electron chi connectivity index (χ4n) is 3.07. The molecule has 0 aromatic heterocycles. The quantitative estimate of drug-likeness (QED) is 0.428. The summed E-state index contributed by atoms with van der Waals surface area (Å²) in [5, 5.41) is 20.7. The molecule has 0 spiro atoms. The van der Waals surface area contributed by atoms with Gasteiger partial charge in [0.1, 0.15) is 11.5 Å². The van der Waals surface area contributed by atoms with Crippen LogP contribution in [0.3, 0.4) is 0 Å². The topological polar surface area (TPSA) is 82.0 Å². The molecule has 31 heavy (non-hydrogen) atoms. The molecule has 3 aromatic carbocycles. The Labute approximate surface area is 190 Å². The van der Waals surface area contributed by atoms with Crippen molar-refractivity contribution in [1.82, 2.24) is 10.6 Å². The molecule has 3 rings (SSSR count). The van der Waals surface area contributed by atoms with Crippen molar-refractivity contribution in [3.05, 3.63) is 81.8 Å². The number of hydrogen-bond donors (Lipinski definition) is 3. The maximum absolute atomic E-state index is 11.9. The molecule has 1 unspecified atom stereocenters. The van der Waals surface area contributed by atoms with Crippen LogP contribution in [0.2, 0.25) is 10.0 Å². The Bertz CT molecular complexity index is 1050. The van der Waals surface area contributed by atoms with E-state index in [-0.39, 0.29) is 5.75 Å². The van der Waals surface area contributed by atoms with Crippen LogP contribution in [0.1, 0.15) is 18.1 Å². The van der Waals surface area contributed by atoms with Crippen LogP contribution < -0.4 is 10.2 Å². The average Bonchev–Trinajstić information content (AvgIpc) is 2.72. The summed E-state index contributed by atoms with van der Waals surface area (Å²) >= 11 is 12.9. The van der Waals surface area contributed by atoms with Crippen LogP contribution in [0.15, 0.2) is 60.7 Å². The summed E-state index contributed by atoms with van der Waals surface area (Å²) < 4.78 is 5.58. The van der Waals surface area contributed by atoms with Crippen molar-refractivity contribution in [3.8, 4) is 22.6 Å². The summed E-state index contributed by atoms with van der Waals surface area (Å²) in [4.78, 5) is 11.9. The van der Waals surface area contributed by atoms with Gasteiger partial charge in [-0.3, -0.25) is 15.4 Å². The zero-order valence-electron chi connectivity index (χ0n) is 17.0. The number of nitrogens with zero attached hydrogens (tertiary/aromatic N) is 1. The summed E-state index contributed by atoms with van der Waals surface area (Å²) in [6, 6.07) is 18.1. The Morgan fingerprint density at radius 3 is 2.35 bits per heavy atom. The lowest BCUT2D eigenvalue weighted by molar-refractivity contribution is -0.156. The highest BCUT2D eigenvalue weighted by Crippen LogP contribution is 2.35. The summed E-state index contributed by atoms with van der Waals surface area (Å²) in [5.74, 6) is -0.00629. The standard InChI is InChI=1S/C23H22Cl2N2O4/c1-14(23(29)26-27(2)30)31-17-12-20(24)19(21(25)13-17)11-15-8-9-22(28)18(10-15)16-6-4-3-5-7-16/h3-10,12-14,28,30H,11H2,1-2H3,(H,26,29). The molecule has 0 aliphatic heterocycles. The van der Waals surface area contributed by atoms with Crippen LogP contribution in [0, 0.1) is 0 Å². The Hall–Kier alpha value is -2.77. The fraction of sp³-hybridized carbons (Fsp3) is 0.174. The highest BCUT2D eigenvalue weighted by Gasteiger charge is 2.18. The van der Waals surface area contributed by atoms with Gasteiger partial charge in [-0.05, 0) is 47.9 Å². The zero-order valence-corrected chi connectivity index (χ0v) is 18.5. The molecular weight excluding hydrogens is 439 g/mol. The van der Waals surface area contributed by atoms with E-state index in [1.807, 2.05) is 42.5 Å². The Morgan fingerprint density at radius 1 is 1.10 bits per heavy atom. The first-order chi connectivity index (χ1) is 14.7. The number of rotatable bonds is 7. The predicted octanol–water partition coefficient (Wildman–Crippen LogP) is 5.08. The molecule has 3 aromatic rings. The van der Waals surface area contributed by atoms with Gasteiger partial charge in [0, 0.05) is 29.1 Å². The minimum atomic E-state index is -0.877. The van der Waals surface area contributed by atoms with Crippen molar-refractivity contribution in [1.29, 1.82) is 0 Å². The van der Waals surface area contributed by atoms with Crippen molar-refractivity contribution >= 4 is 29.1 Å². The van der Waals surface area contributed by atoms with E-state index in [2.05, 4.69) is 5.43 Å². The number of nitrogens with one attached hydrogen (secondary N) is 1. The first-order valence-electron chi connectivity index (χ1n) is 9.49. The number of phenols is 1. The SMILES string of the molecule is CC(Oc1cc(Cl)c(Cc2ccc(O)c(-c3ccccc3)c2)c(Cl)c1)C(=O)NN(C)O. The minimum absolute atomic E-state index is 0.191. The van der Waals surface area contributed by atoms with Gasteiger partial charge in [0.25, 0.3) is 5.91 Å². The van der Waals surface area contributed by atoms with E-state index >= 15 is 0 Å². The third-order valence-electron chi connectivity index (χ3n) is 4.60. The van der Waals surface area contributed by atoms with Crippen molar-refractivity contribution in [2.75, 3.05) is 7.05 Å². The molecule has 162 valence electrons. The monoisotopic (exact) mass is 460 g/mol. The fourth-order valence-corrected chi connectivity index (χ4v) is 3.67. The van der Waals surface area contributed by atoms with E-state index in [1.54, 1.807) is 18.2 Å². The predicted molar refractivity (Wildman–Crippen MR) is 121 cm³/mol. The van der Waals surface area contributed by atoms with Gasteiger partial charge in [-0.25, -0.2) is 0 Å². The van der Waals surface area contributed by atoms with Gasteiger partial charge in [0.2, 0.25) is 0 Å². The lowest BCUT2D eigenvalue weighted by atomic mass is 9.98. The summed E-state index contributed by atoms with van der Waals surface area (Å²) in [5.41, 5.74) is 5.45. The molecule has 0 fully saturated rings. The molecule has 0 aliphatic carbocycles. The molecule has 3 N–H and O–H groups in total. The van der Waals surface area contributed by atoms with Crippen molar-refractivity contribution in [2.24, 2.45) is 0 Å². The lowest BCUT2D eigenvalue weighted by Gasteiger charge is -2.18. The number of aromatic hydroxyl groups is 1. The van der Waals surface area contributed by atoms with E-state index in [4.69, 9.17) is 33.1 Å². The maximum Gasteiger partial charge on any atom is 0.276 e. The van der Waals surface area contributed by atoms with Crippen molar-refractivity contribution < 1.29 is 19.8 Å². The highest BCUT2D eigenvalue weighted by molar-refractivity contribution is 6.36. The van der Waals surface area contributed by atoms with Crippen LogP contribution in [0.5, 0.6) is 11.5 Å². The maximum atomic E-state index is 11.9. The number of halogens is 2. The van der Waals surface area contributed by atoms with Crippen LogP contribution in [-0.4, -0.2) is 34.5 Å². The number of carbonyl (C=O) groups excluding carboxylic acids is 1. The highest BCUT2D eigenvalue weighted by atomic mass is 35.5. The van der Waals surface area contributed by atoms with Gasteiger partial charge >= 0.3 is 0 Å². The van der Waals surface area contributed by atoms with Crippen LogP contribution in [0.25, 0.3) is 11.1 Å². The second-order valence-corrected chi connectivity index (χ2v) is 7.83. The van der Waals surface area contributed by atoms with E-state index in [1.165, 1.54) is 14.0 Å². The first kappa shape index (κ1) is 22.9. The van der Waals surface area contributed by atoms with Crippen LogP contribution >= 0.6 is 23.2 Å². The number of hydrazine groups is 1. The number of carbonyl (C=O) groups is 1. The number of hydroxylamine groups is 1. The smallest absolute Gasteiger partial charge is 0.276 e. The van der Waals surface area contributed by atoms with E-state index in [9.17, 15) is 9.90 Å². The molecule has 1 amide bonds. The average molecular weight is 461 g/mol. The number of benzene rings is 3. The molecule has 0 radical (unpaired) electrons. The van der Waals surface area contributed by atoms with Crippen LogP contribution in [0.4, 0.5) is 0 Å². The molecule has 0 saturated heterocycles. The molecule has 8 heteroatoms. The molecule has 1 atom stereocenters. The second-order valence-electron chi connectivity index (χ2n) is 7.02. The Kier molecular flexibility index (Phi) is 7.41. The van der Waals surface area contributed by atoms with Crippen molar-refractivity contribution in [2.45, 2.75) is 19.4 Å². The molecule has 6 nitrogen and oxygen atoms in total. The summed E-state index contributed by atoms with van der Waals surface area (Å²) in [6.07, 6.45) is -0.429. The summed E-state index contributed by atoms with van der Waals surface area (Å²) in [7, 11) is 1.28.